The lowest BCUT2D eigenvalue weighted by Gasteiger charge is -2.43. The van der Waals surface area contributed by atoms with Crippen molar-refractivity contribution >= 4 is 12.0 Å². The molecule has 5 heteroatoms. The van der Waals surface area contributed by atoms with Gasteiger partial charge in [-0.05, 0) is 26.0 Å². The topological polar surface area (TPSA) is 49.8 Å². The average Bonchev–Trinajstić information content (AvgIpc) is 2.36. The molecule has 104 valence electrons. The molecule has 1 aliphatic rings. The third-order valence-corrected chi connectivity index (χ3v) is 3.17. The molecule has 0 bridgehead atoms. The maximum absolute atomic E-state index is 13.6. The number of benzene rings is 1. The molecule has 1 fully saturated rings. The van der Waals surface area contributed by atoms with Crippen molar-refractivity contribution in [2.45, 2.75) is 25.6 Å². The van der Waals surface area contributed by atoms with Gasteiger partial charge >= 0.3 is 0 Å². The Kier molecular flexibility index (Phi) is 3.87. The molecule has 0 amide bonds. The van der Waals surface area contributed by atoms with Gasteiger partial charge in [-0.1, -0.05) is 6.07 Å². The summed E-state index contributed by atoms with van der Waals surface area (Å²) >= 11 is 0. The SMILES string of the molecule is CC1(C)CN(c2cccc(F)c2C=O)CC(CO)O1. The molecule has 0 aliphatic carbocycles. The highest BCUT2D eigenvalue weighted by atomic mass is 19.1. The van der Waals surface area contributed by atoms with Crippen molar-refractivity contribution < 1.29 is 19.0 Å². The van der Waals surface area contributed by atoms with E-state index in [4.69, 9.17) is 4.74 Å². The fourth-order valence-electron chi connectivity index (χ4n) is 2.49. The summed E-state index contributed by atoms with van der Waals surface area (Å²) in [5, 5.41) is 9.27. The highest BCUT2D eigenvalue weighted by Gasteiger charge is 2.34. The molecule has 1 heterocycles. The lowest BCUT2D eigenvalue weighted by molar-refractivity contribution is -0.101. The predicted octanol–water partition coefficient (Wildman–Crippen LogP) is 1.61. The molecule has 1 N–H and O–H groups in total. The van der Waals surface area contributed by atoms with Gasteiger partial charge in [0.25, 0.3) is 0 Å². The van der Waals surface area contributed by atoms with Crippen molar-refractivity contribution in [2.75, 3.05) is 24.6 Å². The Morgan fingerprint density at radius 1 is 1.58 bits per heavy atom. The number of aliphatic hydroxyl groups is 1. The van der Waals surface area contributed by atoms with E-state index in [1.165, 1.54) is 6.07 Å². The fraction of sp³-hybridized carbons (Fsp3) is 0.500. The van der Waals surface area contributed by atoms with Crippen LogP contribution in [0.4, 0.5) is 10.1 Å². The summed E-state index contributed by atoms with van der Waals surface area (Å²) in [6, 6.07) is 4.55. The van der Waals surface area contributed by atoms with Gasteiger partial charge in [0.05, 0.1) is 29.6 Å². The molecule has 4 nitrogen and oxygen atoms in total. The van der Waals surface area contributed by atoms with E-state index in [9.17, 15) is 14.3 Å². The van der Waals surface area contributed by atoms with E-state index >= 15 is 0 Å². The maximum atomic E-state index is 13.6. The van der Waals surface area contributed by atoms with Crippen LogP contribution in [-0.2, 0) is 4.74 Å². The van der Waals surface area contributed by atoms with Crippen LogP contribution in [0.15, 0.2) is 18.2 Å². The quantitative estimate of drug-likeness (QED) is 0.845. The predicted molar refractivity (Wildman–Crippen MR) is 70.0 cm³/mol. The third kappa shape index (κ3) is 2.93. The summed E-state index contributed by atoms with van der Waals surface area (Å²) in [5.74, 6) is -0.530. The van der Waals surface area contributed by atoms with Crippen LogP contribution >= 0.6 is 0 Å². The molecule has 1 unspecified atom stereocenters. The number of morpholine rings is 1. The number of aldehydes is 1. The van der Waals surface area contributed by atoms with Crippen LogP contribution in [0, 0.1) is 5.82 Å². The second-order valence-electron chi connectivity index (χ2n) is 5.35. The van der Waals surface area contributed by atoms with Crippen molar-refractivity contribution in [3.8, 4) is 0 Å². The second-order valence-corrected chi connectivity index (χ2v) is 5.35. The minimum atomic E-state index is -0.530. The number of carbonyl (C=O) groups is 1. The van der Waals surface area contributed by atoms with E-state index in [0.717, 1.165) is 0 Å². The molecule has 2 rings (SSSR count). The van der Waals surface area contributed by atoms with Gasteiger partial charge in [0, 0.05) is 13.1 Å². The van der Waals surface area contributed by atoms with Crippen molar-refractivity contribution in [3.05, 3.63) is 29.6 Å². The van der Waals surface area contributed by atoms with Crippen LogP contribution in [0.1, 0.15) is 24.2 Å². The molecule has 0 spiro atoms. The molecule has 1 aromatic rings. The van der Waals surface area contributed by atoms with Gasteiger partial charge in [-0.3, -0.25) is 4.79 Å². The fourth-order valence-corrected chi connectivity index (χ4v) is 2.49. The molecule has 1 aromatic carbocycles. The number of rotatable bonds is 3. The van der Waals surface area contributed by atoms with Gasteiger partial charge in [-0.2, -0.15) is 0 Å². The van der Waals surface area contributed by atoms with Crippen LogP contribution in [-0.4, -0.2) is 42.8 Å². The standard InChI is InChI=1S/C14H18FNO3/c1-14(2)9-16(6-10(7-17)19-14)13-5-3-4-12(15)11(13)8-18/h3-5,8,10,17H,6-7,9H2,1-2H3. The van der Waals surface area contributed by atoms with E-state index < -0.39 is 11.4 Å². The first-order chi connectivity index (χ1) is 8.96. The summed E-state index contributed by atoms with van der Waals surface area (Å²) < 4.78 is 19.3. The molecular formula is C14H18FNO3. The summed E-state index contributed by atoms with van der Waals surface area (Å²) in [4.78, 5) is 12.9. The van der Waals surface area contributed by atoms with Gasteiger partial charge < -0.3 is 14.7 Å². The molecular weight excluding hydrogens is 249 g/mol. The monoisotopic (exact) mass is 267 g/mol. The van der Waals surface area contributed by atoms with Crippen LogP contribution in [0.2, 0.25) is 0 Å². The molecule has 1 saturated heterocycles. The number of hydrogen-bond acceptors (Lipinski definition) is 4. The van der Waals surface area contributed by atoms with Gasteiger partial charge in [0.15, 0.2) is 6.29 Å². The van der Waals surface area contributed by atoms with Crippen molar-refractivity contribution in [1.29, 1.82) is 0 Å². The lowest BCUT2D eigenvalue weighted by Crippen LogP contribution is -2.54. The van der Waals surface area contributed by atoms with Crippen LogP contribution in [0.3, 0.4) is 0 Å². The summed E-state index contributed by atoms with van der Waals surface area (Å²) in [5.41, 5.74) is 0.139. The minimum Gasteiger partial charge on any atom is -0.394 e. The number of halogens is 1. The Balaban J connectivity index is 2.35. The molecule has 0 radical (unpaired) electrons. The molecule has 0 aromatic heterocycles. The first-order valence-corrected chi connectivity index (χ1v) is 6.24. The highest BCUT2D eigenvalue weighted by molar-refractivity contribution is 5.85. The number of ether oxygens (including phenoxy) is 1. The molecule has 1 atom stereocenters. The summed E-state index contributed by atoms with van der Waals surface area (Å²) in [6.07, 6.45) is 0.188. The van der Waals surface area contributed by atoms with E-state index in [1.54, 1.807) is 12.1 Å². The van der Waals surface area contributed by atoms with Crippen molar-refractivity contribution in [2.24, 2.45) is 0 Å². The number of carbonyl (C=O) groups excluding carboxylic acids is 1. The first kappa shape index (κ1) is 14.0. The Morgan fingerprint density at radius 3 is 2.95 bits per heavy atom. The zero-order chi connectivity index (χ0) is 14.0. The normalized spacial score (nSPS) is 22.3. The zero-order valence-electron chi connectivity index (χ0n) is 11.1. The number of nitrogens with zero attached hydrogens (tertiary/aromatic N) is 1. The Labute approximate surface area is 111 Å². The van der Waals surface area contributed by atoms with E-state index in [0.29, 0.717) is 25.1 Å². The van der Waals surface area contributed by atoms with E-state index in [1.807, 2.05) is 18.7 Å². The summed E-state index contributed by atoms with van der Waals surface area (Å²) in [7, 11) is 0. The van der Waals surface area contributed by atoms with E-state index in [-0.39, 0.29) is 18.3 Å². The Hall–Kier alpha value is -1.46. The Bertz CT molecular complexity index is 476. The highest BCUT2D eigenvalue weighted by Crippen LogP contribution is 2.28. The zero-order valence-corrected chi connectivity index (χ0v) is 11.1. The Morgan fingerprint density at radius 2 is 2.32 bits per heavy atom. The lowest BCUT2D eigenvalue weighted by atomic mass is 10.0. The average molecular weight is 267 g/mol. The van der Waals surface area contributed by atoms with Gasteiger partial charge in [0.1, 0.15) is 5.82 Å². The van der Waals surface area contributed by atoms with Crippen LogP contribution < -0.4 is 4.90 Å². The van der Waals surface area contributed by atoms with Crippen LogP contribution in [0.5, 0.6) is 0 Å². The van der Waals surface area contributed by atoms with Gasteiger partial charge in [0.2, 0.25) is 0 Å². The van der Waals surface area contributed by atoms with Crippen LogP contribution in [0.25, 0.3) is 0 Å². The van der Waals surface area contributed by atoms with Gasteiger partial charge in [-0.15, -0.1) is 0 Å². The number of aliphatic hydroxyl groups excluding tert-OH is 1. The van der Waals surface area contributed by atoms with Crippen molar-refractivity contribution in [3.63, 3.8) is 0 Å². The number of anilines is 1. The maximum Gasteiger partial charge on any atom is 0.155 e. The largest absolute Gasteiger partial charge is 0.394 e. The number of hydrogen-bond donors (Lipinski definition) is 1. The van der Waals surface area contributed by atoms with Crippen molar-refractivity contribution in [1.82, 2.24) is 0 Å². The molecule has 19 heavy (non-hydrogen) atoms. The van der Waals surface area contributed by atoms with E-state index in [2.05, 4.69) is 0 Å². The third-order valence-electron chi connectivity index (χ3n) is 3.17. The second kappa shape index (κ2) is 5.27. The molecule has 0 saturated carbocycles. The smallest absolute Gasteiger partial charge is 0.155 e. The summed E-state index contributed by atoms with van der Waals surface area (Å²) in [6.45, 7) is 4.67. The minimum absolute atomic E-state index is 0.0527. The first-order valence-electron chi connectivity index (χ1n) is 6.24. The molecule has 1 aliphatic heterocycles. The van der Waals surface area contributed by atoms with Gasteiger partial charge in [-0.25, -0.2) is 4.39 Å².